The third-order valence-electron chi connectivity index (χ3n) is 8.45. The number of carbonyl (C=O) groups excluding carboxylic acids is 1. The van der Waals surface area contributed by atoms with E-state index in [-0.39, 0.29) is 23.7 Å². The van der Waals surface area contributed by atoms with Crippen LogP contribution in [0.1, 0.15) is 56.6 Å². The molecule has 0 spiro atoms. The molecule has 2 aliphatic heterocycles. The Morgan fingerprint density at radius 2 is 1.78 bits per heavy atom. The number of hydrogen-bond donors (Lipinski definition) is 1. The highest BCUT2D eigenvalue weighted by molar-refractivity contribution is 5.78. The molecule has 2 aliphatic carbocycles. The topological polar surface area (TPSA) is 55.8 Å². The van der Waals surface area contributed by atoms with Crippen molar-refractivity contribution in [3.63, 3.8) is 0 Å². The first-order chi connectivity index (χ1) is 15.4. The highest BCUT2D eigenvalue weighted by Gasteiger charge is 2.68. The third-order valence-corrected chi connectivity index (χ3v) is 8.45. The first kappa shape index (κ1) is 20.2. The van der Waals surface area contributed by atoms with E-state index >= 15 is 0 Å². The number of hydrogen-bond acceptors (Lipinski definition) is 4. The van der Waals surface area contributed by atoms with Crippen LogP contribution in [-0.4, -0.2) is 28.9 Å². The van der Waals surface area contributed by atoms with Crippen LogP contribution >= 0.6 is 0 Å². The first-order valence-electron chi connectivity index (χ1n) is 11.8. The maximum Gasteiger partial charge on any atom is 0.310 e. The Kier molecular flexibility index (Phi) is 4.44. The Morgan fingerprint density at radius 3 is 2.50 bits per heavy atom. The van der Waals surface area contributed by atoms with E-state index in [1.54, 1.807) is 0 Å². The molecule has 6 rings (SSSR count). The molecule has 3 fully saturated rings. The van der Waals surface area contributed by atoms with Crippen molar-refractivity contribution in [1.82, 2.24) is 0 Å². The fourth-order valence-electron chi connectivity index (χ4n) is 6.60. The van der Waals surface area contributed by atoms with Crippen LogP contribution in [0, 0.1) is 11.8 Å². The molecule has 1 saturated carbocycles. The lowest BCUT2D eigenvalue weighted by Gasteiger charge is -2.48. The van der Waals surface area contributed by atoms with Gasteiger partial charge in [-0.15, -0.1) is 0 Å². The first-order valence-corrected chi connectivity index (χ1v) is 11.8. The molecular formula is C28H30O4. The van der Waals surface area contributed by atoms with E-state index in [0.717, 1.165) is 24.8 Å². The second-order valence-corrected chi connectivity index (χ2v) is 10.3. The van der Waals surface area contributed by atoms with Gasteiger partial charge in [0.15, 0.2) is 6.10 Å². The maximum absolute atomic E-state index is 13.4. The number of benzene rings is 2. The van der Waals surface area contributed by atoms with Crippen molar-refractivity contribution >= 4 is 5.97 Å². The average Bonchev–Trinajstić information content (AvgIpc) is 3.46. The molecular weight excluding hydrogens is 400 g/mol. The van der Waals surface area contributed by atoms with Crippen LogP contribution in [0.3, 0.4) is 0 Å². The molecule has 1 N–H and O–H groups in total. The summed E-state index contributed by atoms with van der Waals surface area (Å²) in [5, 5.41) is 11.2. The van der Waals surface area contributed by atoms with Gasteiger partial charge in [0.1, 0.15) is 5.60 Å². The highest BCUT2D eigenvalue weighted by atomic mass is 16.6. The second kappa shape index (κ2) is 7.03. The zero-order valence-corrected chi connectivity index (χ0v) is 18.7. The maximum atomic E-state index is 13.4. The molecule has 7 unspecified atom stereocenters. The van der Waals surface area contributed by atoms with E-state index in [1.807, 2.05) is 55.5 Å². The van der Waals surface area contributed by atoms with Crippen LogP contribution < -0.4 is 0 Å². The van der Waals surface area contributed by atoms with E-state index in [9.17, 15) is 9.90 Å². The third kappa shape index (κ3) is 2.79. The molecule has 0 radical (unpaired) electrons. The van der Waals surface area contributed by atoms with Crippen molar-refractivity contribution < 1.29 is 19.4 Å². The molecule has 4 aliphatic rings. The summed E-state index contributed by atoms with van der Waals surface area (Å²) >= 11 is 0. The number of carbonyl (C=O) groups is 1. The van der Waals surface area contributed by atoms with Crippen molar-refractivity contribution in [3.05, 3.63) is 82.9 Å². The van der Waals surface area contributed by atoms with Crippen LogP contribution in [-0.2, 0) is 19.9 Å². The summed E-state index contributed by atoms with van der Waals surface area (Å²) in [5.41, 5.74) is 3.14. The van der Waals surface area contributed by atoms with Gasteiger partial charge in [0, 0.05) is 12.3 Å². The van der Waals surface area contributed by atoms with Crippen molar-refractivity contribution in [3.8, 4) is 0 Å². The van der Waals surface area contributed by atoms with Gasteiger partial charge < -0.3 is 14.6 Å². The van der Waals surface area contributed by atoms with Gasteiger partial charge in [-0.05, 0) is 55.7 Å². The van der Waals surface area contributed by atoms with Gasteiger partial charge in [-0.3, -0.25) is 4.79 Å². The number of aliphatic hydroxyl groups excluding tert-OH is 1. The van der Waals surface area contributed by atoms with Crippen LogP contribution in [0.2, 0.25) is 0 Å². The summed E-state index contributed by atoms with van der Waals surface area (Å²) in [7, 11) is 0. The Labute approximate surface area is 189 Å². The lowest BCUT2D eigenvalue weighted by Crippen LogP contribution is -2.55. The van der Waals surface area contributed by atoms with Crippen molar-refractivity contribution in [1.29, 1.82) is 0 Å². The monoisotopic (exact) mass is 430 g/mol. The molecule has 2 bridgehead atoms. The number of rotatable bonds is 4. The molecule has 0 amide bonds. The standard InChI is InChI=1S/C28H30O4/c1-17-13-14-22-24(17)25(31-26(30)21-15-20(21)18-9-5-3-6-10-18)28(19-11-7-4-8-12-19)16-23(29)27(22,2)32-28/h3-12,20-23,25,29H,13-16H2,1-2H3. The normalized spacial score (nSPS) is 39.7. The number of aliphatic hydroxyl groups is 1. The predicted octanol–water partition coefficient (Wildman–Crippen LogP) is 4.88. The van der Waals surface area contributed by atoms with E-state index in [2.05, 4.69) is 19.1 Å². The molecule has 2 heterocycles. The van der Waals surface area contributed by atoms with Crippen molar-refractivity contribution in [2.24, 2.45) is 11.8 Å². The van der Waals surface area contributed by atoms with Gasteiger partial charge in [-0.2, -0.15) is 0 Å². The molecule has 0 aromatic heterocycles. The lowest BCUT2D eigenvalue weighted by molar-refractivity contribution is -0.214. The zero-order chi connectivity index (χ0) is 22.1. The molecule has 2 aromatic rings. The van der Waals surface area contributed by atoms with Crippen LogP contribution in [0.4, 0.5) is 0 Å². The minimum absolute atomic E-state index is 0.0822. The summed E-state index contributed by atoms with van der Waals surface area (Å²) in [6.45, 7) is 4.19. The Morgan fingerprint density at radius 1 is 1.09 bits per heavy atom. The van der Waals surface area contributed by atoms with Crippen LogP contribution in [0.5, 0.6) is 0 Å². The van der Waals surface area contributed by atoms with Gasteiger partial charge in [-0.25, -0.2) is 0 Å². The molecule has 166 valence electrons. The van der Waals surface area contributed by atoms with E-state index in [4.69, 9.17) is 9.47 Å². The Hall–Kier alpha value is -2.43. The fourth-order valence-corrected chi connectivity index (χ4v) is 6.60. The Bertz CT molecular complexity index is 1080. The highest BCUT2D eigenvalue weighted by Crippen LogP contribution is 2.62. The van der Waals surface area contributed by atoms with Crippen molar-refractivity contribution in [2.45, 2.75) is 68.9 Å². The second-order valence-electron chi connectivity index (χ2n) is 10.3. The number of esters is 1. The molecule has 4 nitrogen and oxygen atoms in total. The molecule has 4 heteroatoms. The summed E-state index contributed by atoms with van der Waals surface area (Å²) in [4.78, 5) is 13.4. The van der Waals surface area contributed by atoms with E-state index in [1.165, 1.54) is 16.7 Å². The number of allylic oxidation sites excluding steroid dienone is 1. The summed E-state index contributed by atoms with van der Waals surface area (Å²) < 4.78 is 13.2. The SMILES string of the molecule is CC1=C2C(OC(=O)C3CC3c3ccccc3)C3(c4ccccc4)CC(O)C(C)(O3)C2CC1. The average molecular weight is 431 g/mol. The molecule has 32 heavy (non-hydrogen) atoms. The molecule has 2 aromatic carbocycles. The lowest BCUT2D eigenvalue weighted by atomic mass is 9.75. The fraction of sp³-hybridized carbons (Fsp3) is 0.464. The van der Waals surface area contributed by atoms with Crippen LogP contribution in [0.15, 0.2) is 71.8 Å². The minimum Gasteiger partial charge on any atom is -0.454 e. The number of ether oxygens (including phenoxy) is 2. The number of fused-ring (bicyclic) bond motifs is 4. The van der Waals surface area contributed by atoms with E-state index in [0.29, 0.717) is 6.42 Å². The van der Waals surface area contributed by atoms with Gasteiger partial charge in [0.25, 0.3) is 0 Å². The summed E-state index contributed by atoms with van der Waals surface area (Å²) in [6.07, 6.45) is 2.06. The smallest absolute Gasteiger partial charge is 0.310 e. The zero-order valence-electron chi connectivity index (χ0n) is 18.7. The van der Waals surface area contributed by atoms with Gasteiger partial charge in [0.2, 0.25) is 0 Å². The van der Waals surface area contributed by atoms with Crippen molar-refractivity contribution in [2.75, 3.05) is 0 Å². The molecule has 7 atom stereocenters. The molecule has 2 saturated heterocycles. The predicted molar refractivity (Wildman–Crippen MR) is 121 cm³/mol. The summed E-state index contributed by atoms with van der Waals surface area (Å²) in [5.74, 6) is 0.0675. The minimum atomic E-state index is -0.848. The van der Waals surface area contributed by atoms with Gasteiger partial charge >= 0.3 is 5.97 Å². The quantitative estimate of drug-likeness (QED) is 0.555. The Balaban J connectivity index is 1.38. The van der Waals surface area contributed by atoms with Gasteiger partial charge in [0.05, 0.1) is 17.6 Å². The van der Waals surface area contributed by atoms with E-state index < -0.39 is 23.4 Å². The largest absolute Gasteiger partial charge is 0.454 e. The van der Waals surface area contributed by atoms with Gasteiger partial charge in [-0.1, -0.05) is 66.2 Å². The summed E-state index contributed by atoms with van der Waals surface area (Å²) in [6, 6.07) is 20.2. The van der Waals surface area contributed by atoms with Crippen LogP contribution in [0.25, 0.3) is 0 Å².